The van der Waals surface area contributed by atoms with E-state index in [9.17, 15) is 4.79 Å². The fourth-order valence-electron chi connectivity index (χ4n) is 1.92. The summed E-state index contributed by atoms with van der Waals surface area (Å²) in [5.74, 6) is 0.963. The van der Waals surface area contributed by atoms with Crippen LogP contribution in [0.15, 0.2) is 18.2 Å². The minimum absolute atomic E-state index is 0.161. The van der Waals surface area contributed by atoms with Crippen molar-refractivity contribution in [1.29, 1.82) is 0 Å². The highest BCUT2D eigenvalue weighted by Crippen LogP contribution is 2.37. The van der Waals surface area contributed by atoms with Crippen LogP contribution in [0.3, 0.4) is 0 Å². The Labute approximate surface area is 102 Å². The number of esters is 1. The van der Waals surface area contributed by atoms with Crippen LogP contribution >= 0.6 is 0 Å². The Bertz CT molecular complexity index is 654. The number of nitrogens with zero attached hydrogens (tertiary/aromatic N) is 1. The minimum atomic E-state index is -0.465. The van der Waals surface area contributed by atoms with Crippen molar-refractivity contribution >= 4 is 22.7 Å². The van der Waals surface area contributed by atoms with Crippen molar-refractivity contribution in [1.82, 2.24) is 4.98 Å². The predicted octanol–water partition coefficient (Wildman–Crippen LogP) is 1.33. The van der Waals surface area contributed by atoms with Crippen molar-refractivity contribution < 1.29 is 19.0 Å². The lowest BCUT2D eigenvalue weighted by atomic mass is 10.1. The van der Waals surface area contributed by atoms with Crippen LogP contribution < -0.4 is 15.2 Å². The third kappa shape index (κ3) is 1.50. The number of carbonyl (C=O) groups is 1. The molecule has 92 valence electrons. The third-order valence-electron chi connectivity index (χ3n) is 2.73. The van der Waals surface area contributed by atoms with Gasteiger partial charge in [-0.1, -0.05) is 0 Å². The number of anilines is 1. The van der Waals surface area contributed by atoms with E-state index in [0.717, 1.165) is 0 Å². The minimum Gasteiger partial charge on any atom is -0.465 e. The van der Waals surface area contributed by atoms with Gasteiger partial charge in [-0.05, 0) is 12.1 Å². The van der Waals surface area contributed by atoms with Gasteiger partial charge in [0.25, 0.3) is 0 Å². The summed E-state index contributed by atoms with van der Waals surface area (Å²) in [6.07, 6.45) is 0. The molecule has 0 atom stereocenters. The molecule has 2 heterocycles. The molecular formula is C12H10N2O4. The summed E-state index contributed by atoms with van der Waals surface area (Å²) < 4.78 is 15.3. The van der Waals surface area contributed by atoms with E-state index >= 15 is 0 Å². The topological polar surface area (TPSA) is 83.7 Å². The number of ether oxygens (including phenoxy) is 3. The number of hydrogen-bond acceptors (Lipinski definition) is 6. The van der Waals surface area contributed by atoms with Crippen molar-refractivity contribution in [2.24, 2.45) is 0 Å². The second-order valence-electron chi connectivity index (χ2n) is 3.81. The van der Waals surface area contributed by atoms with E-state index in [1.165, 1.54) is 13.2 Å². The first-order chi connectivity index (χ1) is 8.69. The van der Waals surface area contributed by atoms with E-state index in [4.69, 9.17) is 19.9 Å². The van der Waals surface area contributed by atoms with E-state index in [1.54, 1.807) is 12.1 Å². The van der Waals surface area contributed by atoms with Crippen molar-refractivity contribution in [3.63, 3.8) is 0 Å². The zero-order valence-corrected chi connectivity index (χ0v) is 9.60. The Morgan fingerprint density at radius 3 is 2.78 bits per heavy atom. The second-order valence-corrected chi connectivity index (χ2v) is 3.81. The van der Waals surface area contributed by atoms with E-state index < -0.39 is 5.97 Å². The molecule has 2 N–H and O–H groups in total. The standard InChI is InChI=1S/C12H10N2O4/c1-16-12(15)7-3-11(13)14-8-4-10-9(2-6(7)8)17-5-18-10/h2-4H,5H2,1H3,(H2,13,14). The van der Waals surface area contributed by atoms with E-state index in [0.29, 0.717) is 28.0 Å². The maximum Gasteiger partial charge on any atom is 0.338 e. The number of rotatable bonds is 1. The number of benzene rings is 1. The van der Waals surface area contributed by atoms with Crippen molar-refractivity contribution in [3.05, 3.63) is 23.8 Å². The summed E-state index contributed by atoms with van der Waals surface area (Å²) in [5, 5.41) is 0.625. The molecule has 1 aliphatic rings. The maximum absolute atomic E-state index is 11.7. The Morgan fingerprint density at radius 1 is 1.33 bits per heavy atom. The molecule has 0 bridgehead atoms. The normalized spacial score (nSPS) is 12.7. The van der Waals surface area contributed by atoms with Gasteiger partial charge in [0.1, 0.15) is 5.82 Å². The first-order valence-electron chi connectivity index (χ1n) is 5.27. The third-order valence-corrected chi connectivity index (χ3v) is 2.73. The van der Waals surface area contributed by atoms with Gasteiger partial charge in [-0.2, -0.15) is 0 Å². The lowest BCUT2D eigenvalue weighted by molar-refractivity contribution is 0.0603. The Morgan fingerprint density at radius 2 is 2.06 bits per heavy atom. The molecule has 1 aromatic carbocycles. The summed E-state index contributed by atoms with van der Waals surface area (Å²) in [7, 11) is 1.32. The second kappa shape index (κ2) is 3.76. The van der Waals surface area contributed by atoms with Gasteiger partial charge in [0.2, 0.25) is 6.79 Å². The first kappa shape index (κ1) is 10.6. The highest BCUT2D eigenvalue weighted by Gasteiger charge is 2.19. The number of methoxy groups -OCH3 is 1. The molecule has 1 aliphatic heterocycles. The zero-order valence-electron chi connectivity index (χ0n) is 9.60. The SMILES string of the molecule is COC(=O)c1cc(N)nc2cc3c(cc12)OCO3. The lowest BCUT2D eigenvalue weighted by Crippen LogP contribution is -2.04. The molecule has 18 heavy (non-hydrogen) atoms. The highest BCUT2D eigenvalue weighted by atomic mass is 16.7. The molecular weight excluding hydrogens is 236 g/mol. The maximum atomic E-state index is 11.7. The molecule has 1 aromatic heterocycles. The Balaban J connectivity index is 2.32. The van der Waals surface area contributed by atoms with Crippen molar-refractivity contribution in [2.75, 3.05) is 19.6 Å². The van der Waals surface area contributed by atoms with E-state index in [-0.39, 0.29) is 12.6 Å². The number of nitrogens with two attached hydrogens (primary N) is 1. The quantitative estimate of drug-likeness (QED) is 0.764. The number of pyridine rings is 1. The summed E-state index contributed by atoms with van der Waals surface area (Å²) in [5.41, 5.74) is 6.60. The predicted molar refractivity (Wildman–Crippen MR) is 63.6 cm³/mol. The number of carbonyl (C=O) groups excluding carboxylic acids is 1. The number of fused-ring (bicyclic) bond motifs is 2. The number of nitrogen functional groups attached to an aromatic ring is 1. The Kier molecular flexibility index (Phi) is 2.22. The van der Waals surface area contributed by atoms with Crippen LogP contribution in [0.4, 0.5) is 5.82 Å². The first-order valence-corrected chi connectivity index (χ1v) is 5.27. The fraction of sp³-hybridized carbons (Fsp3) is 0.167. The zero-order chi connectivity index (χ0) is 12.7. The van der Waals surface area contributed by atoms with Crippen LogP contribution in [0.25, 0.3) is 10.9 Å². The van der Waals surface area contributed by atoms with Gasteiger partial charge < -0.3 is 19.9 Å². The summed E-state index contributed by atoms with van der Waals surface area (Å²) in [6, 6.07) is 4.88. The molecule has 0 amide bonds. The van der Waals surface area contributed by atoms with Crippen LogP contribution in [-0.2, 0) is 4.74 Å². The van der Waals surface area contributed by atoms with Crippen LogP contribution in [0, 0.1) is 0 Å². The van der Waals surface area contributed by atoms with Gasteiger partial charge in [0.05, 0.1) is 18.2 Å². The van der Waals surface area contributed by atoms with Crippen LogP contribution in [-0.4, -0.2) is 24.9 Å². The summed E-state index contributed by atoms with van der Waals surface area (Å²) >= 11 is 0. The molecule has 0 aliphatic carbocycles. The molecule has 2 aromatic rings. The molecule has 6 heteroatoms. The van der Waals surface area contributed by atoms with Crippen LogP contribution in [0.2, 0.25) is 0 Å². The Hall–Kier alpha value is -2.50. The molecule has 0 unspecified atom stereocenters. The number of hydrogen-bond donors (Lipinski definition) is 1. The van der Waals surface area contributed by atoms with Gasteiger partial charge >= 0.3 is 5.97 Å². The molecule has 0 fully saturated rings. The fourth-order valence-corrected chi connectivity index (χ4v) is 1.92. The monoisotopic (exact) mass is 246 g/mol. The van der Waals surface area contributed by atoms with Gasteiger partial charge in [-0.3, -0.25) is 0 Å². The summed E-state index contributed by atoms with van der Waals surface area (Å²) in [4.78, 5) is 15.9. The molecule has 0 saturated carbocycles. The average molecular weight is 246 g/mol. The lowest BCUT2D eigenvalue weighted by Gasteiger charge is -2.07. The van der Waals surface area contributed by atoms with E-state index in [1.807, 2.05) is 0 Å². The molecule has 0 spiro atoms. The smallest absolute Gasteiger partial charge is 0.338 e. The van der Waals surface area contributed by atoms with Crippen molar-refractivity contribution in [3.8, 4) is 11.5 Å². The van der Waals surface area contributed by atoms with E-state index in [2.05, 4.69) is 4.98 Å². The molecule has 0 saturated heterocycles. The largest absolute Gasteiger partial charge is 0.465 e. The molecule has 0 radical (unpaired) electrons. The van der Waals surface area contributed by atoms with Gasteiger partial charge in [0, 0.05) is 11.5 Å². The summed E-state index contributed by atoms with van der Waals surface area (Å²) in [6.45, 7) is 0.161. The molecule has 6 nitrogen and oxygen atoms in total. The van der Waals surface area contributed by atoms with Gasteiger partial charge in [-0.25, -0.2) is 9.78 Å². The highest BCUT2D eigenvalue weighted by molar-refractivity contribution is 6.05. The van der Waals surface area contributed by atoms with Crippen LogP contribution in [0.1, 0.15) is 10.4 Å². The van der Waals surface area contributed by atoms with Crippen molar-refractivity contribution in [2.45, 2.75) is 0 Å². The average Bonchev–Trinajstić information content (AvgIpc) is 2.81. The van der Waals surface area contributed by atoms with Crippen LogP contribution in [0.5, 0.6) is 11.5 Å². The number of aromatic nitrogens is 1. The van der Waals surface area contributed by atoms with Gasteiger partial charge in [-0.15, -0.1) is 0 Å². The molecule has 3 rings (SSSR count). The van der Waals surface area contributed by atoms with Gasteiger partial charge in [0.15, 0.2) is 11.5 Å².